The van der Waals surface area contributed by atoms with Gasteiger partial charge in [0.15, 0.2) is 0 Å². The fourth-order valence-electron chi connectivity index (χ4n) is 3.53. The molecule has 2 fully saturated rings. The minimum absolute atomic E-state index is 0.219. The highest BCUT2D eigenvalue weighted by Crippen LogP contribution is 2.40. The van der Waals surface area contributed by atoms with Crippen LogP contribution in [0.4, 0.5) is 0 Å². The van der Waals surface area contributed by atoms with Gasteiger partial charge in [0.05, 0.1) is 0 Å². The van der Waals surface area contributed by atoms with Crippen LogP contribution < -0.4 is 0 Å². The molecule has 0 spiro atoms. The van der Waals surface area contributed by atoms with E-state index in [0.717, 1.165) is 30.6 Å². The van der Waals surface area contributed by atoms with E-state index in [-0.39, 0.29) is 6.10 Å². The maximum Gasteiger partial charge on any atom is 0.293 e. The second kappa shape index (κ2) is 5.70. The maximum absolute atomic E-state index is 10.3. The maximum atomic E-state index is 10.3. The molecule has 0 bridgehead atoms. The van der Waals surface area contributed by atoms with Crippen LogP contribution >= 0.6 is 0 Å². The van der Waals surface area contributed by atoms with Gasteiger partial charge in [-0.2, -0.15) is 0 Å². The number of hydrogen-bond acceptors (Lipinski definition) is 2. The molecule has 0 aliphatic heterocycles. The third kappa shape index (κ3) is 2.99. The summed E-state index contributed by atoms with van der Waals surface area (Å²) in [7, 11) is 0. The quantitative estimate of drug-likeness (QED) is 0.685. The van der Waals surface area contributed by atoms with Gasteiger partial charge in [-0.05, 0) is 56.3 Å². The summed E-state index contributed by atoms with van der Waals surface area (Å²) in [6.45, 7) is 3.00. The van der Waals surface area contributed by atoms with Crippen LogP contribution in [0, 0.1) is 17.8 Å². The first-order chi connectivity index (χ1) is 7.79. The summed E-state index contributed by atoms with van der Waals surface area (Å²) in [6, 6.07) is 0. The third-order valence-corrected chi connectivity index (χ3v) is 4.69. The van der Waals surface area contributed by atoms with Gasteiger partial charge in [-0.3, -0.25) is 4.79 Å². The molecule has 2 saturated carbocycles. The first-order valence-electron chi connectivity index (χ1n) is 6.88. The lowest BCUT2D eigenvalue weighted by molar-refractivity contribution is -0.135. The van der Waals surface area contributed by atoms with Crippen molar-refractivity contribution in [2.24, 2.45) is 17.8 Å². The summed E-state index contributed by atoms with van der Waals surface area (Å²) in [5.74, 6) is 2.83. The Hall–Kier alpha value is -0.530. The Morgan fingerprint density at radius 3 is 1.88 bits per heavy atom. The number of ether oxygens (including phenoxy) is 1. The van der Waals surface area contributed by atoms with Crippen LogP contribution in [0.5, 0.6) is 0 Å². The van der Waals surface area contributed by atoms with Crippen LogP contribution in [-0.4, -0.2) is 12.6 Å². The Labute approximate surface area is 98.7 Å². The summed E-state index contributed by atoms with van der Waals surface area (Å²) in [5, 5.41) is 0. The zero-order valence-electron chi connectivity index (χ0n) is 10.4. The van der Waals surface area contributed by atoms with Gasteiger partial charge in [0.25, 0.3) is 6.47 Å². The highest BCUT2D eigenvalue weighted by molar-refractivity contribution is 5.37. The molecule has 2 aliphatic rings. The molecule has 0 radical (unpaired) electrons. The van der Waals surface area contributed by atoms with Crippen molar-refractivity contribution in [3.63, 3.8) is 0 Å². The zero-order valence-corrected chi connectivity index (χ0v) is 10.4. The largest absolute Gasteiger partial charge is 0.465 e. The SMILES string of the molecule is CC1CCC(C2CCC(OC=O)CC2)CC1. The van der Waals surface area contributed by atoms with Crippen LogP contribution in [0.1, 0.15) is 58.3 Å². The van der Waals surface area contributed by atoms with E-state index < -0.39 is 0 Å². The molecule has 0 aromatic carbocycles. The van der Waals surface area contributed by atoms with Crippen molar-refractivity contribution >= 4 is 6.47 Å². The molecule has 0 N–H and O–H groups in total. The molecule has 0 amide bonds. The molecule has 2 aliphatic carbocycles. The van der Waals surface area contributed by atoms with E-state index in [1.807, 2.05) is 0 Å². The van der Waals surface area contributed by atoms with Gasteiger partial charge >= 0.3 is 0 Å². The van der Waals surface area contributed by atoms with Gasteiger partial charge in [-0.25, -0.2) is 0 Å². The Bertz CT molecular complexity index is 211. The predicted molar refractivity (Wildman–Crippen MR) is 64.0 cm³/mol. The van der Waals surface area contributed by atoms with Crippen molar-refractivity contribution in [1.82, 2.24) is 0 Å². The average Bonchev–Trinajstić information content (AvgIpc) is 2.32. The molecule has 16 heavy (non-hydrogen) atoms. The van der Waals surface area contributed by atoms with Crippen molar-refractivity contribution in [2.45, 2.75) is 64.4 Å². The standard InChI is InChI=1S/C14H24O2/c1-11-2-4-12(5-3-11)13-6-8-14(9-7-13)16-10-15/h10-14H,2-9H2,1H3. The number of carbonyl (C=O) groups excluding carboxylic acids is 1. The van der Waals surface area contributed by atoms with Crippen molar-refractivity contribution in [3.8, 4) is 0 Å². The Kier molecular flexibility index (Phi) is 4.25. The van der Waals surface area contributed by atoms with Crippen LogP contribution in [-0.2, 0) is 9.53 Å². The second-order valence-corrected chi connectivity index (χ2v) is 5.79. The van der Waals surface area contributed by atoms with Gasteiger partial charge in [-0.15, -0.1) is 0 Å². The smallest absolute Gasteiger partial charge is 0.293 e. The van der Waals surface area contributed by atoms with Crippen molar-refractivity contribution in [1.29, 1.82) is 0 Å². The summed E-state index contributed by atoms with van der Waals surface area (Å²) in [4.78, 5) is 10.3. The van der Waals surface area contributed by atoms with E-state index in [4.69, 9.17) is 4.74 Å². The molecule has 0 aromatic heterocycles. The van der Waals surface area contributed by atoms with Gasteiger partial charge in [0.1, 0.15) is 6.10 Å². The molecular weight excluding hydrogens is 200 g/mol. The number of carbonyl (C=O) groups is 1. The molecule has 0 atom stereocenters. The zero-order chi connectivity index (χ0) is 11.4. The molecule has 0 aromatic rings. The summed E-state index contributed by atoms with van der Waals surface area (Å²) in [5.41, 5.74) is 0. The van der Waals surface area contributed by atoms with E-state index in [0.29, 0.717) is 6.47 Å². The van der Waals surface area contributed by atoms with Crippen LogP contribution in [0.25, 0.3) is 0 Å². The second-order valence-electron chi connectivity index (χ2n) is 5.79. The van der Waals surface area contributed by atoms with Gasteiger partial charge in [-0.1, -0.05) is 19.8 Å². The van der Waals surface area contributed by atoms with E-state index in [1.54, 1.807) is 0 Å². The Balaban J connectivity index is 1.74. The first-order valence-corrected chi connectivity index (χ1v) is 6.88. The highest BCUT2D eigenvalue weighted by atomic mass is 16.5. The number of rotatable bonds is 3. The van der Waals surface area contributed by atoms with Gasteiger partial charge < -0.3 is 4.74 Å². The Morgan fingerprint density at radius 2 is 1.38 bits per heavy atom. The third-order valence-electron chi connectivity index (χ3n) is 4.69. The van der Waals surface area contributed by atoms with E-state index in [9.17, 15) is 4.79 Å². The minimum atomic E-state index is 0.219. The lowest BCUT2D eigenvalue weighted by atomic mass is 9.71. The Morgan fingerprint density at radius 1 is 0.875 bits per heavy atom. The van der Waals surface area contributed by atoms with Crippen molar-refractivity contribution in [3.05, 3.63) is 0 Å². The van der Waals surface area contributed by atoms with E-state index in [2.05, 4.69) is 6.92 Å². The summed E-state index contributed by atoms with van der Waals surface area (Å²) in [6.07, 6.45) is 10.7. The average molecular weight is 224 g/mol. The molecular formula is C14H24O2. The lowest BCUT2D eigenvalue weighted by Gasteiger charge is -2.36. The van der Waals surface area contributed by atoms with Crippen LogP contribution in [0.2, 0.25) is 0 Å². The molecule has 2 heteroatoms. The minimum Gasteiger partial charge on any atom is -0.465 e. The molecule has 0 heterocycles. The highest BCUT2D eigenvalue weighted by Gasteiger charge is 2.30. The molecule has 0 saturated heterocycles. The van der Waals surface area contributed by atoms with E-state index >= 15 is 0 Å². The van der Waals surface area contributed by atoms with Crippen LogP contribution in [0.3, 0.4) is 0 Å². The van der Waals surface area contributed by atoms with E-state index in [1.165, 1.54) is 38.5 Å². The normalized spacial score (nSPS) is 40.3. The predicted octanol–water partition coefficient (Wildman–Crippen LogP) is 3.54. The fourth-order valence-corrected chi connectivity index (χ4v) is 3.53. The van der Waals surface area contributed by atoms with Crippen molar-refractivity contribution < 1.29 is 9.53 Å². The topological polar surface area (TPSA) is 26.3 Å². The molecule has 0 unspecified atom stereocenters. The van der Waals surface area contributed by atoms with Gasteiger partial charge in [0, 0.05) is 0 Å². The molecule has 2 nitrogen and oxygen atoms in total. The monoisotopic (exact) mass is 224 g/mol. The molecule has 2 rings (SSSR count). The van der Waals surface area contributed by atoms with Crippen molar-refractivity contribution in [2.75, 3.05) is 0 Å². The first kappa shape index (κ1) is 11.9. The van der Waals surface area contributed by atoms with Gasteiger partial charge in [0.2, 0.25) is 0 Å². The summed E-state index contributed by atoms with van der Waals surface area (Å²) < 4.78 is 5.05. The summed E-state index contributed by atoms with van der Waals surface area (Å²) >= 11 is 0. The van der Waals surface area contributed by atoms with Crippen LogP contribution in [0.15, 0.2) is 0 Å². The fraction of sp³-hybridized carbons (Fsp3) is 0.929. The molecule has 92 valence electrons. The number of hydrogen-bond donors (Lipinski definition) is 0. The lowest BCUT2D eigenvalue weighted by Crippen LogP contribution is -2.28.